The van der Waals surface area contributed by atoms with Crippen LogP contribution in [0.4, 0.5) is 14.5 Å². The summed E-state index contributed by atoms with van der Waals surface area (Å²) in [4.78, 5) is 1.80. The molecule has 1 aromatic heterocycles. The minimum Gasteiger partial charge on any atom is -0.497 e. The number of hydrogen-bond donors (Lipinski definition) is 0. The van der Waals surface area contributed by atoms with Gasteiger partial charge in [-0.2, -0.15) is 0 Å². The molecule has 1 aliphatic rings. The van der Waals surface area contributed by atoms with E-state index in [1.54, 1.807) is 36.3 Å². The maximum atomic E-state index is 15.0. The van der Waals surface area contributed by atoms with Crippen molar-refractivity contribution in [3.8, 4) is 5.75 Å². The highest BCUT2D eigenvalue weighted by molar-refractivity contribution is 5.47. The molecule has 1 saturated heterocycles. The van der Waals surface area contributed by atoms with Crippen LogP contribution in [0.3, 0.4) is 0 Å². The summed E-state index contributed by atoms with van der Waals surface area (Å²) in [6.45, 7) is 3.14. The van der Waals surface area contributed by atoms with Crippen LogP contribution < -0.4 is 9.64 Å². The van der Waals surface area contributed by atoms with E-state index in [9.17, 15) is 8.78 Å². The third kappa shape index (κ3) is 4.29. The minimum atomic E-state index is -2.79. The van der Waals surface area contributed by atoms with Gasteiger partial charge in [0.1, 0.15) is 5.75 Å². The van der Waals surface area contributed by atoms with Gasteiger partial charge in [0.2, 0.25) is 0 Å². The third-order valence-electron chi connectivity index (χ3n) is 5.70. The molecule has 0 radical (unpaired) electrons. The second kappa shape index (κ2) is 7.90. The zero-order chi connectivity index (χ0) is 20.4. The fraction of sp³-hybridized carbons (Fsp3) is 0.333. The molecule has 3 nitrogen and oxygen atoms in total. The van der Waals surface area contributed by atoms with Crippen molar-refractivity contribution in [1.29, 1.82) is 0 Å². The Morgan fingerprint density at radius 2 is 1.76 bits per heavy atom. The van der Waals surface area contributed by atoms with Gasteiger partial charge >= 0.3 is 0 Å². The van der Waals surface area contributed by atoms with E-state index in [-0.39, 0.29) is 6.54 Å². The topological polar surface area (TPSA) is 17.4 Å². The van der Waals surface area contributed by atoms with Gasteiger partial charge in [0.15, 0.2) is 0 Å². The third-order valence-corrected chi connectivity index (χ3v) is 5.70. The highest BCUT2D eigenvalue weighted by Crippen LogP contribution is 2.41. The van der Waals surface area contributed by atoms with Crippen molar-refractivity contribution in [2.24, 2.45) is 0 Å². The summed E-state index contributed by atoms with van der Waals surface area (Å²) in [5, 5.41) is 0. The van der Waals surface area contributed by atoms with Crippen molar-refractivity contribution in [2.45, 2.75) is 31.7 Å². The number of anilines is 1. The van der Waals surface area contributed by atoms with Crippen molar-refractivity contribution in [3.63, 3.8) is 0 Å². The van der Waals surface area contributed by atoms with Crippen LogP contribution in [0.5, 0.6) is 5.75 Å². The van der Waals surface area contributed by atoms with Crippen LogP contribution in [-0.4, -0.2) is 30.7 Å². The molecule has 0 saturated carbocycles. The first-order valence-electron chi connectivity index (χ1n) is 9.93. The lowest BCUT2D eigenvalue weighted by molar-refractivity contribution is -0.0331. The molecule has 0 bridgehead atoms. The van der Waals surface area contributed by atoms with E-state index in [1.165, 1.54) is 11.1 Å². The summed E-state index contributed by atoms with van der Waals surface area (Å²) in [5.74, 6) is -2.87. The largest absolute Gasteiger partial charge is 0.497 e. The highest BCUT2D eigenvalue weighted by atomic mass is 19.3. The standard InChI is InChI=1S/C24H26F2N2O/c1-18-3-5-19(6-4-18)15-27-13-11-21(16-27)28-14-12-23(24(25,26)17-28)20-7-9-22(29-2)10-8-20/h3-11,13,16,23H,12,14-15,17H2,1-2H3. The molecule has 0 N–H and O–H groups in total. The van der Waals surface area contributed by atoms with E-state index in [1.807, 2.05) is 23.0 Å². The number of ether oxygens (including phenoxy) is 1. The van der Waals surface area contributed by atoms with Gasteiger partial charge < -0.3 is 14.2 Å². The summed E-state index contributed by atoms with van der Waals surface area (Å²) >= 11 is 0. The van der Waals surface area contributed by atoms with Crippen LogP contribution in [0.15, 0.2) is 67.0 Å². The van der Waals surface area contributed by atoms with Gasteiger partial charge in [-0.25, -0.2) is 8.78 Å². The molecule has 2 heterocycles. The molecule has 5 heteroatoms. The number of hydrogen-bond acceptors (Lipinski definition) is 2. The van der Waals surface area contributed by atoms with Crippen LogP contribution in [0.2, 0.25) is 0 Å². The fourth-order valence-corrected chi connectivity index (χ4v) is 4.02. The smallest absolute Gasteiger partial charge is 0.272 e. The first-order chi connectivity index (χ1) is 13.9. The lowest BCUT2D eigenvalue weighted by Crippen LogP contribution is -2.47. The predicted octanol–water partition coefficient (Wildman–Crippen LogP) is 5.48. The summed E-state index contributed by atoms with van der Waals surface area (Å²) in [5.41, 5.74) is 3.95. The van der Waals surface area contributed by atoms with E-state index in [2.05, 4.69) is 31.2 Å². The molecular formula is C24H26F2N2O. The van der Waals surface area contributed by atoms with Crippen LogP contribution in [0.1, 0.15) is 29.0 Å². The Kier molecular flexibility index (Phi) is 5.31. The molecule has 3 aromatic rings. The number of rotatable bonds is 5. The number of halogens is 2. The van der Waals surface area contributed by atoms with Crippen LogP contribution >= 0.6 is 0 Å². The van der Waals surface area contributed by atoms with Crippen LogP contribution in [0.25, 0.3) is 0 Å². The van der Waals surface area contributed by atoms with E-state index in [0.717, 1.165) is 12.2 Å². The Hall–Kier alpha value is -2.82. The van der Waals surface area contributed by atoms with Crippen molar-refractivity contribution in [3.05, 3.63) is 83.7 Å². The molecule has 152 valence electrons. The Labute approximate surface area is 170 Å². The number of alkyl halides is 2. The molecule has 0 spiro atoms. The average molecular weight is 396 g/mol. The minimum absolute atomic E-state index is 0.266. The van der Waals surface area contributed by atoms with Crippen molar-refractivity contribution in [2.75, 3.05) is 25.1 Å². The van der Waals surface area contributed by atoms with E-state index < -0.39 is 11.8 Å². The first-order valence-corrected chi connectivity index (χ1v) is 9.93. The normalized spacial score (nSPS) is 18.6. The Balaban J connectivity index is 1.44. The SMILES string of the molecule is COc1ccc(C2CCN(c3ccn(Cc4ccc(C)cc4)c3)CC2(F)F)cc1. The summed E-state index contributed by atoms with van der Waals surface area (Å²) in [7, 11) is 1.58. The molecule has 0 aliphatic carbocycles. The van der Waals surface area contributed by atoms with E-state index in [0.29, 0.717) is 24.3 Å². The van der Waals surface area contributed by atoms with Crippen LogP contribution in [-0.2, 0) is 6.54 Å². The van der Waals surface area contributed by atoms with Gasteiger partial charge in [-0.15, -0.1) is 0 Å². The highest BCUT2D eigenvalue weighted by Gasteiger charge is 2.45. The summed E-state index contributed by atoms with van der Waals surface area (Å²) in [6.07, 6.45) is 4.34. The lowest BCUT2D eigenvalue weighted by atomic mass is 9.86. The van der Waals surface area contributed by atoms with Crippen LogP contribution in [0, 0.1) is 6.92 Å². The molecule has 1 atom stereocenters. The maximum Gasteiger partial charge on any atom is 0.272 e. The molecule has 2 aromatic carbocycles. The Bertz CT molecular complexity index is 948. The van der Waals surface area contributed by atoms with Gasteiger partial charge in [-0.05, 0) is 42.7 Å². The van der Waals surface area contributed by atoms with Gasteiger partial charge in [-0.3, -0.25) is 0 Å². The average Bonchev–Trinajstić information content (AvgIpc) is 3.18. The molecular weight excluding hydrogens is 370 g/mol. The van der Waals surface area contributed by atoms with Crippen molar-refractivity contribution >= 4 is 5.69 Å². The monoisotopic (exact) mass is 396 g/mol. The second-order valence-corrected chi connectivity index (χ2v) is 7.82. The number of aromatic nitrogens is 1. The number of benzene rings is 2. The van der Waals surface area contributed by atoms with Gasteiger partial charge in [0.05, 0.1) is 25.3 Å². The van der Waals surface area contributed by atoms with Gasteiger partial charge in [0, 0.05) is 25.5 Å². The summed E-state index contributed by atoms with van der Waals surface area (Å²) < 4.78 is 37.2. The Morgan fingerprint density at radius 1 is 1.03 bits per heavy atom. The molecule has 1 aliphatic heterocycles. The Morgan fingerprint density at radius 3 is 2.41 bits per heavy atom. The zero-order valence-electron chi connectivity index (χ0n) is 16.8. The molecule has 0 amide bonds. The number of nitrogens with zero attached hydrogens (tertiary/aromatic N) is 2. The number of methoxy groups -OCH3 is 1. The predicted molar refractivity (Wildman–Crippen MR) is 112 cm³/mol. The maximum absolute atomic E-state index is 15.0. The molecule has 1 fully saturated rings. The van der Waals surface area contributed by atoms with E-state index >= 15 is 0 Å². The molecule has 1 unspecified atom stereocenters. The summed E-state index contributed by atoms with van der Waals surface area (Å²) in [6, 6.07) is 17.3. The quantitative estimate of drug-likeness (QED) is 0.568. The lowest BCUT2D eigenvalue weighted by Gasteiger charge is -2.39. The fourth-order valence-electron chi connectivity index (χ4n) is 4.02. The first kappa shape index (κ1) is 19.5. The van der Waals surface area contributed by atoms with Crippen molar-refractivity contribution in [1.82, 2.24) is 4.57 Å². The van der Waals surface area contributed by atoms with Crippen molar-refractivity contribution < 1.29 is 13.5 Å². The zero-order valence-corrected chi connectivity index (χ0v) is 16.8. The molecule has 4 rings (SSSR count). The van der Waals surface area contributed by atoms with Gasteiger partial charge in [0.25, 0.3) is 5.92 Å². The molecule has 29 heavy (non-hydrogen) atoms. The van der Waals surface area contributed by atoms with E-state index in [4.69, 9.17) is 4.74 Å². The second-order valence-electron chi connectivity index (χ2n) is 7.82. The number of aryl methyl sites for hydroxylation is 1. The van der Waals surface area contributed by atoms with Gasteiger partial charge in [-0.1, -0.05) is 42.0 Å². The number of piperidine rings is 1.